The molecule has 0 amide bonds. The maximum Gasteiger partial charge on any atom is 0.189 e. The fraction of sp³-hybridized carbons (Fsp3) is 0.346. The van der Waals surface area contributed by atoms with E-state index in [0.29, 0.717) is 16.4 Å². The highest BCUT2D eigenvalue weighted by Crippen LogP contribution is 2.32. The van der Waals surface area contributed by atoms with Crippen LogP contribution in [0.25, 0.3) is 11.3 Å². The zero-order chi connectivity index (χ0) is 22.7. The summed E-state index contributed by atoms with van der Waals surface area (Å²) in [6.45, 7) is 10.0. The van der Waals surface area contributed by atoms with E-state index in [9.17, 15) is 5.26 Å². The van der Waals surface area contributed by atoms with Crippen molar-refractivity contribution in [3.05, 3.63) is 65.7 Å². The Morgan fingerprint density at radius 1 is 0.875 bits per heavy atom. The van der Waals surface area contributed by atoms with Crippen molar-refractivity contribution in [3.63, 3.8) is 0 Å². The molecule has 0 N–H and O–H groups in total. The van der Waals surface area contributed by atoms with Gasteiger partial charge in [-0.3, -0.25) is 0 Å². The largest absolute Gasteiger partial charge is 0.368 e. The van der Waals surface area contributed by atoms with E-state index in [4.69, 9.17) is 9.97 Å². The van der Waals surface area contributed by atoms with Crippen LogP contribution in [0.5, 0.6) is 0 Å². The number of hydrogen-bond donors (Lipinski definition) is 0. The van der Waals surface area contributed by atoms with Crippen LogP contribution in [0, 0.1) is 11.3 Å². The maximum absolute atomic E-state index is 10.1. The lowest BCUT2D eigenvalue weighted by molar-refractivity contribution is 0.590. The number of para-hydroxylation sites is 1. The molecule has 1 fully saturated rings. The number of piperazine rings is 1. The summed E-state index contributed by atoms with van der Waals surface area (Å²) < 4.78 is 0. The summed E-state index contributed by atoms with van der Waals surface area (Å²) in [4.78, 5) is 14.1. The quantitative estimate of drug-likeness (QED) is 0.400. The van der Waals surface area contributed by atoms with Crippen molar-refractivity contribution in [2.24, 2.45) is 0 Å². The highest BCUT2D eigenvalue weighted by molar-refractivity contribution is 7.98. The van der Waals surface area contributed by atoms with Gasteiger partial charge in [-0.25, -0.2) is 9.97 Å². The van der Waals surface area contributed by atoms with Gasteiger partial charge in [0.05, 0.1) is 5.69 Å². The van der Waals surface area contributed by atoms with Gasteiger partial charge in [0, 0.05) is 37.4 Å². The van der Waals surface area contributed by atoms with Gasteiger partial charge >= 0.3 is 0 Å². The molecular formula is C26H29N5S. The molecule has 164 valence electrons. The van der Waals surface area contributed by atoms with Crippen molar-refractivity contribution in [2.45, 2.75) is 31.3 Å². The Balaban J connectivity index is 1.66. The molecule has 1 aliphatic rings. The lowest BCUT2D eigenvalue weighted by Gasteiger charge is -2.37. The summed E-state index contributed by atoms with van der Waals surface area (Å²) >= 11 is 1.51. The summed E-state index contributed by atoms with van der Waals surface area (Å²) in [6, 6.07) is 21.3. The first kappa shape index (κ1) is 22.2. The Morgan fingerprint density at radius 2 is 1.50 bits per heavy atom. The van der Waals surface area contributed by atoms with Gasteiger partial charge in [-0.15, -0.1) is 0 Å². The number of rotatable bonds is 4. The van der Waals surface area contributed by atoms with Crippen LogP contribution < -0.4 is 9.80 Å². The van der Waals surface area contributed by atoms with Crippen molar-refractivity contribution in [1.82, 2.24) is 9.97 Å². The van der Waals surface area contributed by atoms with E-state index < -0.39 is 0 Å². The van der Waals surface area contributed by atoms with Gasteiger partial charge in [0.15, 0.2) is 11.0 Å². The number of benzene rings is 2. The predicted octanol–water partition coefficient (Wildman–Crippen LogP) is 5.36. The number of nitriles is 1. The number of nitrogens with zero attached hydrogens (tertiary/aromatic N) is 5. The topological polar surface area (TPSA) is 56.1 Å². The number of anilines is 2. The molecule has 0 radical (unpaired) electrons. The average Bonchev–Trinajstić information content (AvgIpc) is 2.83. The molecule has 2 aromatic carbocycles. The van der Waals surface area contributed by atoms with E-state index in [2.05, 4.69) is 85.2 Å². The van der Waals surface area contributed by atoms with Crippen LogP contribution in [0.3, 0.4) is 0 Å². The Hall–Kier alpha value is -3.04. The molecule has 0 saturated carbocycles. The third-order valence-corrected chi connectivity index (χ3v) is 6.44. The summed E-state index contributed by atoms with van der Waals surface area (Å²) in [5.41, 5.74) is 4.80. The molecule has 2 heterocycles. The Bertz CT molecular complexity index is 1110. The molecule has 3 aromatic rings. The maximum atomic E-state index is 10.1. The minimum atomic E-state index is 0.0796. The number of thioether (sulfide) groups is 1. The smallest absolute Gasteiger partial charge is 0.189 e. The molecular weight excluding hydrogens is 414 g/mol. The molecule has 0 aliphatic carbocycles. The van der Waals surface area contributed by atoms with Crippen molar-refractivity contribution < 1.29 is 0 Å². The van der Waals surface area contributed by atoms with Crippen molar-refractivity contribution in [3.8, 4) is 17.3 Å². The zero-order valence-electron chi connectivity index (χ0n) is 19.2. The van der Waals surface area contributed by atoms with E-state index in [1.165, 1.54) is 23.0 Å². The lowest BCUT2D eigenvalue weighted by Crippen LogP contribution is -2.47. The highest BCUT2D eigenvalue weighted by atomic mass is 32.2. The van der Waals surface area contributed by atoms with Crippen LogP contribution in [0.15, 0.2) is 59.8 Å². The first-order chi connectivity index (χ1) is 15.4. The summed E-state index contributed by atoms with van der Waals surface area (Å²) in [5.74, 6) is 0.745. The van der Waals surface area contributed by atoms with Gasteiger partial charge in [-0.1, -0.05) is 75.0 Å². The summed E-state index contributed by atoms with van der Waals surface area (Å²) in [5, 5.41) is 10.8. The fourth-order valence-electron chi connectivity index (χ4n) is 4.00. The average molecular weight is 444 g/mol. The second kappa shape index (κ2) is 9.22. The van der Waals surface area contributed by atoms with Crippen molar-refractivity contribution >= 4 is 23.3 Å². The van der Waals surface area contributed by atoms with Gasteiger partial charge in [0.2, 0.25) is 0 Å². The molecule has 1 aromatic heterocycles. The predicted molar refractivity (Wildman–Crippen MR) is 134 cm³/mol. The molecule has 5 nitrogen and oxygen atoms in total. The first-order valence-corrected chi connectivity index (χ1v) is 12.1. The minimum absolute atomic E-state index is 0.0796. The van der Waals surface area contributed by atoms with Crippen LogP contribution in [0.4, 0.5) is 11.5 Å². The van der Waals surface area contributed by atoms with Gasteiger partial charge in [0.25, 0.3) is 0 Å². The van der Waals surface area contributed by atoms with Crippen LogP contribution in [0.2, 0.25) is 0 Å². The third kappa shape index (κ3) is 4.58. The van der Waals surface area contributed by atoms with Crippen LogP contribution in [-0.4, -0.2) is 42.4 Å². The molecule has 6 heteroatoms. The van der Waals surface area contributed by atoms with Gasteiger partial charge in [-0.05, 0) is 29.4 Å². The normalized spacial score (nSPS) is 14.3. The Morgan fingerprint density at radius 3 is 2.06 bits per heavy atom. The van der Waals surface area contributed by atoms with Crippen LogP contribution in [0.1, 0.15) is 31.9 Å². The first-order valence-electron chi connectivity index (χ1n) is 10.9. The Kier molecular flexibility index (Phi) is 6.38. The van der Waals surface area contributed by atoms with E-state index >= 15 is 0 Å². The molecule has 1 aliphatic heterocycles. The second-order valence-electron chi connectivity index (χ2n) is 9.01. The molecule has 1 saturated heterocycles. The molecule has 0 atom stereocenters. The third-order valence-electron chi connectivity index (χ3n) is 5.89. The standard InChI is InChI=1S/C26H29N5S/c1-26(2,3)20-12-10-19(11-13-20)23-22(18-27)24(29-25(28-23)32-4)31-16-14-30(15-17-31)21-8-6-5-7-9-21/h5-13H,14-17H2,1-4H3. The zero-order valence-corrected chi connectivity index (χ0v) is 20.0. The Labute approximate surface area is 195 Å². The van der Waals surface area contributed by atoms with Crippen molar-refractivity contribution in [1.29, 1.82) is 5.26 Å². The van der Waals surface area contributed by atoms with E-state index in [1.54, 1.807) is 0 Å². The molecule has 4 rings (SSSR count). The lowest BCUT2D eigenvalue weighted by atomic mass is 9.86. The van der Waals surface area contributed by atoms with E-state index in [0.717, 1.165) is 37.6 Å². The van der Waals surface area contributed by atoms with Gasteiger partial charge in [-0.2, -0.15) is 5.26 Å². The number of aromatic nitrogens is 2. The fourth-order valence-corrected chi connectivity index (χ4v) is 4.36. The second-order valence-corrected chi connectivity index (χ2v) is 9.78. The molecule has 0 spiro atoms. The van der Waals surface area contributed by atoms with Gasteiger partial charge < -0.3 is 9.80 Å². The van der Waals surface area contributed by atoms with Crippen LogP contribution in [-0.2, 0) is 5.41 Å². The molecule has 0 unspecified atom stereocenters. The highest BCUT2D eigenvalue weighted by Gasteiger charge is 2.25. The minimum Gasteiger partial charge on any atom is -0.368 e. The van der Waals surface area contributed by atoms with E-state index in [-0.39, 0.29) is 5.41 Å². The van der Waals surface area contributed by atoms with Gasteiger partial charge in [0.1, 0.15) is 11.6 Å². The summed E-state index contributed by atoms with van der Waals surface area (Å²) in [6.07, 6.45) is 1.98. The molecule has 32 heavy (non-hydrogen) atoms. The molecule has 0 bridgehead atoms. The van der Waals surface area contributed by atoms with E-state index in [1.807, 2.05) is 12.3 Å². The van der Waals surface area contributed by atoms with Crippen molar-refractivity contribution in [2.75, 3.05) is 42.2 Å². The number of hydrogen-bond acceptors (Lipinski definition) is 6. The SMILES string of the molecule is CSc1nc(-c2ccc(C(C)(C)C)cc2)c(C#N)c(N2CCN(c3ccccc3)CC2)n1. The summed E-state index contributed by atoms with van der Waals surface area (Å²) in [7, 11) is 0. The van der Waals surface area contributed by atoms with Crippen LogP contribution >= 0.6 is 11.8 Å². The monoisotopic (exact) mass is 443 g/mol.